The molecular weight excluding hydrogens is 379 g/mol. The second kappa shape index (κ2) is 7.45. The largest absolute Gasteiger partial charge is 0.481 e. The first-order valence-electron chi connectivity index (χ1n) is 8.60. The van der Waals surface area contributed by atoms with E-state index < -0.39 is 17.9 Å². The van der Waals surface area contributed by atoms with E-state index in [2.05, 4.69) is 0 Å². The number of carbonyl (C=O) groups is 3. The first kappa shape index (κ1) is 19.0. The van der Waals surface area contributed by atoms with Gasteiger partial charge in [0.1, 0.15) is 6.04 Å². The van der Waals surface area contributed by atoms with Crippen molar-refractivity contribution in [1.29, 1.82) is 0 Å². The zero-order valence-electron chi connectivity index (χ0n) is 14.3. The number of amides is 2. The van der Waals surface area contributed by atoms with Gasteiger partial charge in [0.2, 0.25) is 5.91 Å². The lowest BCUT2D eigenvalue weighted by atomic mass is 10.0. The number of carboxylic acids is 1. The van der Waals surface area contributed by atoms with Crippen molar-refractivity contribution in [3.63, 3.8) is 0 Å². The monoisotopic (exact) mass is 398 g/mol. The summed E-state index contributed by atoms with van der Waals surface area (Å²) in [6.07, 6.45) is 1.73. The highest BCUT2D eigenvalue weighted by atomic mass is 35.5. The fourth-order valence-corrected chi connectivity index (χ4v) is 4.41. The van der Waals surface area contributed by atoms with Gasteiger partial charge in [0, 0.05) is 34.7 Å². The number of benzene rings is 1. The van der Waals surface area contributed by atoms with Crippen LogP contribution in [-0.4, -0.2) is 57.9 Å². The van der Waals surface area contributed by atoms with Crippen LogP contribution in [0.5, 0.6) is 0 Å². The number of hydrogen-bond acceptors (Lipinski definition) is 3. The zero-order chi connectivity index (χ0) is 19.0. The van der Waals surface area contributed by atoms with Crippen LogP contribution in [-0.2, 0) is 9.59 Å². The van der Waals surface area contributed by atoms with E-state index in [0.717, 1.165) is 6.42 Å². The normalized spacial score (nSPS) is 25.6. The summed E-state index contributed by atoms with van der Waals surface area (Å²) in [5, 5.41) is 9.98. The molecule has 8 heteroatoms. The molecule has 2 amide bonds. The summed E-state index contributed by atoms with van der Waals surface area (Å²) in [6.45, 7) is 2.63. The lowest BCUT2D eigenvalue weighted by Gasteiger charge is -2.31. The molecule has 2 saturated heterocycles. The third-order valence-corrected chi connectivity index (χ3v) is 5.70. The Labute approximate surface area is 161 Å². The molecule has 2 aliphatic heterocycles. The minimum absolute atomic E-state index is 0.180. The maximum atomic E-state index is 13.0. The quantitative estimate of drug-likeness (QED) is 0.848. The van der Waals surface area contributed by atoms with E-state index in [4.69, 9.17) is 23.2 Å². The van der Waals surface area contributed by atoms with Gasteiger partial charge >= 0.3 is 5.97 Å². The molecule has 3 unspecified atom stereocenters. The average molecular weight is 399 g/mol. The van der Waals surface area contributed by atoms with Crippen molar-refractivity contribution in [3.8, 4) is 0 Å². The Morgan fingerprint density at radius 1 is 1.04 bits per heavy atom. The van der Waals surface area contributed by atoms with Gasteiger partial charge in [0.05, 0.1) is 5.92 Å². The van der Waals surface area contributed by atoms with E-state index in [-0.39, 0.29) is 17.9 Å². The maximum absolute atomic E-state index is 13.0. The second-order valence-electron chi connectivity index (χ2n) is 6.82. The van der Waals surface area contributed by atoms with Crippen molar-refractivity contribution in [2.24, 2.45) is 5.92 Å². The predicted octanol–water partition coefficient (Wildman–Crippen LogP) is 2.92. The summed E-state index contributed by atoms with van der Waals surface area (Å²) in [4.78, 5) is 40.3. The third kappa shape index (κ3) is 3.53. The zero-order valence-corrected chi connectivity index (χ0v) is 15.8. The Bertz CT molecular complexity index is 734. The van der Waals surface area contributed by atoms with Gasteiger partial charge in [0.25, 0.3) is 5.91 Å². The van der Waals surface area contributed by atoms with E-state index in [1.54, 1.807) is 22.8 Å². The van der Waals surface area contributed by atoms with Crippen LogP contribution >= 0.6 is 23.2 Å². The fraction of sp³-hybridized carbons (Fsp3) is 0.500. The summed E-state index contributed by atoms with van der Waals surface area (Å²) in [5.41, 5.74) is 0.347. The molecule has 26 heavy (non-hydrogen) atoms. The van der Waals surface area contributed by atoms with Gasteiger partial charge in [-0.15, -0.1) is 0 Å². The van der Waals surface area contributed by atoms with Crippen molar-refractivity contribution in [2.45, 2.75) is 38.3 Å². The predicted molar refractivity (Wildman–Crippen MR) is 97.4 cm³/mol. The highest BCUT2D eigenvalue weighted by molar-refractivity contribution is 6.35. The Hall–Kier alpha value is -1.79. The number of carboxylic acid groups (broad SMARTS) is 1. The Kier molecular flexibility index (Phi) is 5.44. The van der Waals surface area contributed by atoms with E-state index in [0.29, 0.717) is 41.5 Å². The highest BCUT2D eigenvalue weighted by Crippen LogP contribution is 2.30. The Morgan fingerprint density at radius 2 is 1.69 bits per heavy atom. The molecule has 2 fully saturated rings. The molecule has 0 saturated carbocycles. The van der Waals surface area contributed by atoms with Crippen LogP contribution in [0.25, 0.3) is 0 Å². The van der Waals surface area contributed by atoms with Crippen LogP contribution in [0.1, 0.15) is 36.5 Å². The standard InChI is InChI=1S/C18H20Cl2N2O4/c1-10-14(18(25)26)4-6-21(10)17(24)15-3-2-5-22(15)16(23)11-7-12(19)9-13(20)8-11/h7-10,14-15H,2-6H2,1H3,(H,25,26). The maximum Gasteiger partial charge on any atom is 0.308 e. The SMILES string of the molecule is CC1C(C(=O)O)CCN1C(=O)C1CCCN1C(=O)c1cc(Cl)cc(Cl)c1. The van der Waals surface area contributed by atoms with Crippen LogP contribution < -0.4 is 0 Å². The molecule has 3 atom stereocenters. The molecule has 2 heterocycles. The summed E-state index contributed by atoms with van der Waals surface area (Å²) >= 11 is 12.0. The van der Waals surface area contributed by atoms with Gasteiger partial charge in [-0.05, 0) is 44.4 Å². The number of likely N-dealkylation sites (tertiary alicyclic amines) is 2. The summed E-state index contributed by atoms with van der Waals surface area (Å²) in [7, 11) is 0. The molecule has 0 aromatic heterocycles. The van der Waals surface area contributed by atoms with Crippen molar-refractivity contribution in [3.05, 3.63) is 33.8 Å². The van der Waals surface area contributed by atoms with Gasteiger partial charge in [-0.2, -0.15) is 0 Å². The van der Waals surface area contributed by atoms with Crippen LogP contribution in [0.3, 0.4) is 0 Å². The molecule has 0 aliphatic carbocycles. The molecule has 0 radical (unpaired) electrons. The molecule has 0 bridgehead atoms. The number of hydrogen-bond donors (Lipinski definition) is 1. The number of rotatable bonds is 3. The molecular formula is C18H20Cl2N2O4. The van der Waals surface area contributed by atoms with Gasteiger partial charge in [-0.3, -0.25) is 14.4 Å². The van der Waals surface area contributed by atoms with Crippen molar-refractivity contribution in [1.82, 2.24) is 9.80 Å². The molecule has 1 N–H and O–H groups in total. The molecule has 0 spiro atoms. The Balaban J connectivity index is 1.78. The molecule has 140 valence electrons. The number of carbonyl (C=O) groups excluding carboxylic acids is 2. The van der Waals surface area contributed by atoms with Gasteiger partial charge < -0.3 is 14.9 Å². The molecule has 1 aromatic rings. The number of nitrogens with zero attached hydrogens (tertiary/aromatic N) is 2. The minimum atomic E-state index is -0.888. The van der Waals surface area contributed by atoms with Crippen molar-refractivity contribution >= 4 is 41.0 Å². The topological polar surface area (TPSA) is 77.9 Å². The van der Waals surface area contributed by atoms with Crippen LogP contribution in [0, 0.1) is 5.92 Å². The van der Waals surface area contributed by atoms with Gasteiger partial charge in [-0.1, -0.05) is 23.2 Å². The van der Waals surface area contributed by atoms with Crippen LogP contribution in [0.2, 0.25) is 10.0 Å². The first-order valence-corrected chi connectivity index (χ1v) is 9.35. The smallest absolute Gasteiger partial charge is 0.308 e. The van der Waals surface area contributed by atoms with Crippen LogP contribution in [0.4, 0.5) is 0 Å². The van der Waals surface area contributed by atoms with Crippen LogP contribution in [0.15, 0.2) is 18.2 Å². The molecule has 3 rings (SSSR count). The highest BCUT2D eigenvalue weighted by Gasteiger charge is 2.43. The summed E-state index contributed by atoms with van der Waals surface area (Å²) in [5.74, 6) is -1.91. The Morgan fingerprint density at radius 3 is 2.27 bits per heavy atom. The van der Waals surface area contributed by atoms with E-state index in [1.165, 1.54) is 12.1 Å². The molecule has 1 aromatic carbocycles. The number of aliphatic carboxylic acids is 1. The average Bonchev–Trinajstić information content (AvgIpc) is 3.19. The second-order valence-corrected chi connectivity index (χ2v) is 7.69. The molecule has 2 aliphatic rings. The third-order valence-electron chi connectivity index (χ3n) is 5.26. The van der Waals surface area contributed by atoms with Crippen molar-refractivity contribution in [2.75, 3.05) is 13.1 Å². The van der Waals surface area contributed by atoms with E-state index >= 15 is 0 Å². The lowest BCUT2D eigenvalue weighted by Crippen LogP contribution is -2.49. The fourth-order valence-electron chi connectivity index (χ4n) is 3.88. The van der Waals surface area contributed by atoms with E-state index in [9.17, 15) is 19.5 Å². The minimum Gasteiger partial charge on any atom is -0.481 e. The number of halogens is 2. The molecule has 6 nitrogen and oxygen atoms in total. The lowest BCUT2D eigenvalue weighted by molar-refractivity contribution is -0.143. The summed E-state index contributed by atoms with van der Waals surface area (Å²) < 4.78 is 0. The van der Waals surface area contributed by atoms with Gasteiger partial charge in [0.15, 0.2) is 0 Å². The summed E-state index contributed by atoms with van der Waals surface area (Å²) in [6, 6.07) is 3.67. The van der Waals surface area contributed by atoms with Gasteiger partial charge in [-0.25, -0.2) is 0 Å². The first-order chi connectivity index (χ1) is 12.3. The van der Waals surface area contributed by atoms with Crippen molar-refractivity contribution < 1.29 is 19.5 Å². The van der Waals surface area contributed by atoms with E-state index in [1.807, 2.05) is 0 Å².